The lowest BCUT2D eigenvalue weighted by molar-refractivity contribution is -0.120. The molecule has 1 aromatic carbocycles. The summed E-state index contributed by atoms with van der Waals surface area (Å²) in [6.45, 7) is 3.23. The minimum atomic E-state index is 0.0789. The molecule has 0 atom stereocenters. The largest absolute Gasteiger partial charge is 0.494 e. The molecule has 0 heterocycles. The average molecular weight is 304 g/mol. The van der Waals surface area contributed by atoms with E-state index in [1.807, 2.05) is 24.3 Å². The molecule has 1 amide bonds. The molecule has 0 spiro atoms. The molecule has 0 saturated heterocycles. The van der Waals surface area contributed by atoms with Crippen LogP contribution in [0, 0.1) is 0 Å². The number of carbonyl (C=O) groups excluding carboxylic acids is 1. The molecule has 1 aliphatic carbocycles. The van der Waals surface area contributed by atoms with Crippen molar-refractivity contribution in [2.45, 2.75) is 57.9 Å². The summed E-state index contributed by atoms with van der Waals surface area (Å²) in [5.74, 6) is 0.959. The lowest BCUT2D eigenvalue weighted by Gasteiger charge is -2.22. The first kappa shape index (κ1) is 16.7. The second-order valence-electron chi connectivity index (χ2n) is 5.98. The fourth-order valence-corrected chi connectivity index (χ4v) is 2.71. The quantitative estimate of drug-likeness (QED) is 0.720. The Kier molecular flexibility index (Phi) is 7.07. The number of amides is 1. The van der Waals surface area contributed by atoms with Crippen LogP contribution in [0.15, 0.2) is 24.3 Å². The van der Waals surface area contributed by atoms with Crippen molar-refractivity contribution in [2.24, 2.45) is 0 Å². The van der Waals surface area contributed by atoms with Crippen LogP contribution in [-0.4, -0.2) is 25.1 Å². The van der Waals surface area contributed by atoms with Crippen molar-refractivity contribution in [3.8, 4) is 5.75 Å². The van der Waals surface area contributed by atoms with Crippen LogP contribution in [0.3, 0.4) is 0 Å². The molecule has 0 aliphatic heterocycles. The van der Waals surface area contributed by atoms with Gasteiger partial charge in [0.25, 0.3) is 0 Å². The molecule has 0 radical (unpaired) electrons. The first-order valence-electron chi connectivity index (χ1n) is 8.54. The third-order valence-corrected chi connectivity index (χ3v) is 4.04. The van der Waals surface area contributed by atoms with Crippen LogP contribution in [0.2, 0.25) is 0 Å². The lowest BCUT2D eigenvalue weighted by Crippen LogP contribution is -2.39. The van der Waals surface area contributed by atoms with Gasteiger partial charge in [-0.05, 0) is 43.5 Å². The third-order valence-electron chi connectivity index (χ3n) is 4.04. The van der Waals surface area contributed by atoms with Gasteiger partial charge in [0, 0.05) is 11.7 Å². The number of anilines is 1. The Morgan fingerprint density at radius 1 is 1.18 bits per heavy atom. The highest BCUT2D eigenvalue weighted by Crippen LogP contribution is 2.18. The van der Waals surface area contributed by atoms with E-state index >= 15 is 0 Å². The molecule has 0 bridgehead atoms. The SMILES string of the molecule is CCCCOc1ccc(NCC(=O)NC2CCCCC2)cc1. The molecule has 0 aromatic heterocycles. The lowest BCUT2D eigenvalue weighted by atomic mass is 9.95. The summed E-state index contributed by atoms with van der Waals surface area (Å²) in [6.07, 6.45) is 8.22. The number of rotatable bonds is 8. The van der Waals surface area contributed by atoms with Crippen LogP contribution < -0.4 is 15.4 Å². The van der Waals surface area contributed by atoms with Crippen molar-refractivity contribution in [1.82, 2.24) is 5.32 Å². The molecule has 1 aromatic rings. The minimum absolute atomic E-state index is 0.0789. The van der Waals surface area contributed by atoms with Crippen molar-refractivity contribution in [1.29, 1.82) is 0 Å². The van der Waals surface area contributed by atoms with Gasteiger partial charge in [0.15, 0.2) is 0 Å². The smallest absolute Gasteiger partial charge is 0.239 e. The summed E-state index contributed by atoms with van der Waals surface area (Å²) in [5, 5.41) is 6.27. The Bertz CT molecular complexity index is 439. The number of nitrogens with one attached hydrogen (secondary N) is 2. The van der Waals surface area contributed by atoms with Gasteiger partial charge in [-0.1, -0.05) is 32.6 Å². The Balaban J connectivity index is 1.68. The Morgan fingerprint density at radius 3 is 2.59 bits per heavy atom. The van der Waals surface area contributed by atoms with Gasteiger partial charge in [-0.15, -0.1) is 0 Å². The number of benzene rings is 1. The van der Waals surface area contributed by atoms with E-state index < -0.39 is 0 Å². The number of ether oxygens (including phenoxy) is 1. The number of carbonyl (C=O) groups is 1. The maximum atomic E-state index is 11.9. The van der Waals surface area contributed by atoms with Crippen LogP contribution >= 0.6 is 0 Å². The van der Waals surface area contributed by atoms with Crippen LogP contribution in [0.5, 0.6) is 5.75 Å². The summed E-state index contributed by atoms with van der Waals surface area (Å²) in [5.41, 5.74) is 0.946. The van der Waals surface area contributed by atoms with Gasteiger partial charge in [-0.2, -0.15) is 0 Å². The molecule has 4 nitrogen and oxygen atoms in total. The molecule has 2 N–H and O–H groups in total. The average Bonchev–Trinajstić information content (AvgIpc) is 2.55. The van der Waals surface area contributed by atoms with Crippen LogP contribution in [0.1, 0.15) is 51.9 Å². The Labute approximate surface area is 133 Å². The van der Waals surface area contributed by atoms with E-state index in [-0.39, 0.29) is 5.91 Å². The Hall–Kier alpha value is -1.71. The predicted molar refractivity (Wildman–Crippen MR) is 90.4 cm³/mol. The monoisotopic (exact) mass is 304 g/mol. The molecular formula is C18H28N2O2. The molecule has 1 saturated carbocycles. The summed E-state index contributed by atoms with van der Waals surface area (Å²) in [4.78, 5) is 11.9. The number of hydrogen-bond acceptors (Lipinski definition) is 3. The van der Waals surface area contributed by atoms with E-state index in [4.69, 9.17) is 4.74 Å². The van der Waals surface area contributed by atoms with Gasteiger partial charge >= 0.3 is 0 Å². The first-order valence-corrected chi connectivity index (χ1v) is 8.54. The maximum absolute atomic E-state index is 11.9. The predicted octanol–water partition coefficient (Wildman–Crippen LogP) is 3.73. The summed E-state index contributed by atoms with van der Waals surface area (Å²) < 4.78 is 5.62. The fourth-order valence-electron chi connectivity index (χ4n) is 2.71. The first-order chi connectivity index (χ1) is 10.8. The van der Waals surface area contributed by atoms with Gasteiger partial charge < -0.3 is 15.4 Å². The third kappa shape index (κ3) is 5.96. The van der Waals surface area contributed by atoms with Gasteiger partial charge in [0.1, 0.15) is 5.75 Å². The minimum Gasteiger partial charge on any atom is -0.494 e. The molecule has 1 aliphatic rings. The molecular weight excluding hydrogens is 276 g/mol. The highest BCUT2D eigenvalue weighted by molar-refractivity contribution is 5.81. The summed E-state index contributed by atoms with van der Waals surface area (Å²) in [6, 6.07) is 8.16. The molecule has 4 heteroatoms. The van der Waals surface area contributed by atoms with Crippen molar-refractivity contribution in [2.75, 3.05) is 18.5 Å². The molecule has 122 valence electrons. The second kappa shape index (κ2) is 9.34. The standard InChI is InChI=1S/C18H28N2O2/c1-2-3-13-22-17-11-9-15(10-12-17)19-14-18(21)20-16-7-5-4-6-8-16/h9-12,16,19H,2-8,13-14H2,1H3,(H,20,21). The second-order valence-corrected chi connectivity index (χ2v) is 5.98. The Morgan fingerprint density at radius 2 is 1.91 bits per heavy atom. The van der Waals surface area contributed by atoms with Gasteiger partial charge in [0.2, 0.25) is 5.91 Å². The van der Waals surface area contributed by atoms with E-state index in [2.05, 4.69) is 17.6 Å². The van der Waals surface area contributed by atoms with Crippen molar-refractivity contribution >= 4 is 11.6 Å². The summed E-state index contributed by atoms with van der Waals surface area (Å²) in [7, 11) is 0. The molecule has 2 rings (SSSR count). The highest BCUT2D eigenvalue weighted by Gasteiger charge is 2.15. The van der Waals surface area contributed by atoms with E-state index in [0.29, 0.717) is 12.6 Å². The van der Waals surface area contributed by atoms with E-state index in [0.717, 1.165) is 43.7 Å². The number of unbranched alkanes of at least 4 members (excludes halogenated alkanes) is 1. The van der Waals surface area contributed by atoms with E-state index in [9.17, 15) is 4.79 Å². The molecule has 0 unspecified atom stereocenters. The van der Waals surface area contributed by atoms with E-state index in [1.54, 1.807) is 0 Å². The van der Waals surface area contributed by atoms with Gasteiger partial charge in [-0.3, -0.25) is 4.79 Å². The van der Waals surface area contributed by atoms with Crippen LogP contribution in [0.25, 0.3) is 0 Å². The van der Waals surface area contributed by atoms with Gasteiger partial charge in [0.05, 0.1) is 13.2 Å². The molecule has 22 heavy (non-hydrogen) atoms. The zero-order valence-corrected chi connectivity index (χ0v) is 13.6. The van der Waals surface area contributed by atoms with Crippen molar-refractivity contribution in [3.63, 3.8) is 0 Å². The van der Waals surface area contributed by atoms with Gasteiger partial charge in [-0.25, -0.2) is 0 Å². The van der Waals surface area contributed by atoms with Crippen molar-refractivity contribution < 1.29 is 9.53 Å². The van der Waals surface area contributed by atoms with E-state index in [1.165, 1.54) is 19.3 Å². The maximum Gasteiger partial charge on any atom is 0.239 e. The van der Waals surface area contributed by atoms with Crippen LogP contribution in [0.4, 0.5) is 5.69 Å². The van der Waals surface area contributed by atoms with Crippen molar-refractivity contribution in [3.05, 3.63) is 24.3 Å². The molecule has 1 fully saturated rings. The summed E-state index contributed by atoms with van der Waals surface area (Å²) >= 11 is 0. The van der Waals surface area contributed by atoms with Crippen LogP contribution in [-0.2, 0) is 4.79 Å². The normalized spacial score (nSPS) is 15.3. The zero-order valence-electron chi connectivity index (χ0n) is 13.6. The fraction of sp³-hybridized carbons (Fsp3) is 0.611. The topological polar surface area (TPSA) is 50.4 Å². The highest BCUT2D eigenvalue weighted by atomic mass is 16.5. The number of hydrogen-bond donors (Lipinski definition) is 2. The zero-order chi connectivity index (χ0) is 15.6.